The summed E-state index contributed by atoms with van der Waals surface area (Å²) in [5, 5.41) is 8.75. The third kappa shape index (κ3) is 1.81. The van der Waals surface area contributed by atoms with Crippen LogP contribution in [0.4, 0.5) is 0 Å². The largest absolute Gasteiger partial charge is 0.396 e. The van der Waals surface area contributed by atoms with Crippen molar-refractivity contribution in [2.75, 3.05) is 6.61 Å². The molecule has 0 fully saturated rings. The van der Waals surface area contributed by atoms with Gasteiger partial charge in [0.2, 0.25) is 0 Å². The smallest absolute Gasteiger partial charge is 0.108 e. The molecule has 4 nitrogen and oxygen atoms in total. The summed E-state index contributed by atoms with van der Waals surface area (Å²) in [6.07, 6.45) is 5.56. The van der Waals surface area contributed by atoms with E-state index in [4.69, 9.17) is 10.8 Å². The average Bonchev–Trinajstić information content (AvgIpc) is 2.57. The highest BCUT2D eigenvalue weighted by molar-refractivity contribution is 5.10. The number of hydrogen-bond donors (Lipinski definition) is 2. The molecule has 1 aromatic rings. The fourth-order valence-electron chi connectivity index (χ4n) is 1.99. The Morgan fingerprint density at radius 3 is 3.29 bits per heavy atom. The summed E-state index contributed by atoms with van der Waals surface area (Å²) in [6, 6.07) is 0.296. The van der Waals surface area contributed by atoms with E-state index in [1.807, 2.05) is 6.20 Å². The first-order chi connectivity index (χ1) is 6.81. The van der Waals surface area contributed by atoms with Crippen LogP contribution in [0.25, 0.3) is 0 Å². The molecule has 1 aromatic heterocycles. The van der Waals surface area contributed by atoms with E-state index >= 15 is 0 Å². The van der Waals surface area contributed by atoms with Crippen LogP contribution >= 0.6 is 0 Å². The van der Waals surface area contributed by atoms with Gasteiger partial charge in [0.1, 0.15) is 5.82 Å². The lowest BCUT2D eigenvalue weighted by molar-refractivity contribution is 0.286. The summed E-state index contributed by atoms with van der Waals surface area (Å²) in [5.74, 6) is 1.10. The van der Waals surface area contributed by atoms with Crippen LogP contribution < -0.4 is 5.73 Å². The quantitative estimate of drug-likeness (QED) is 0.718. The van der Waals surface area contributed by atoms with Crippen molar-refractivity contribution < 1.29 is 5.11 Å². The lowest BCUT2D eigenvalue weighted by Crippen LogP contribution is -2.31. The van der Waals surface area contributed by atoms with Crippen LogP contribution in [0.2, 0.25) is 0 Å². The van der Waals surface area contributed by atoms with Crippen LogP contribution in [0.1, 0.15) is 24.4 Å². The third-order valence-corrected chi connectivity index (χ3v) is 2.77. The number of rotatable bonds is 3. The molecular weight excluding hydrogens is 178 g/mol. The van der Waals surface area contributed by atoms with E-state index in [2.05, 4.69) is 9.55 Å². The first kappa shape index (κ1) is 9.68. The first-order valence-corrected chi connectivity index (χ1v) is 5.21. The molecule has 1 aliphatic heterocycles. The van der Waals surface area contributed by atoms with Crippen molar-refractivity contribution in [2.24, 2.45) is 5.73 Å². The number of fused-ring (bicyclic) bond motifs is 1. The second kappa shape index (κ2) is 4.11. The van der Waals surface area contributed by atoms with Crippen molar-refractivity contribution in [3.8, 4) is 0 Å². The molecule has 0 saturated carbocycles. The van der Waals surface area contributed by atoms with Gasteiger partial charge in [-0.15, -0.1) is 0 Å². The molecule has 14 heavy (non-hydrogen) atoms. The molecule has 1 atom stereocenters. The van der Waals surface area contributed by atoms with Crippen molar-refractivity contribution in [2.45, 2.75) is 38.3 Å². The predicted octanol–water partition coefficient (Wildman–Crippen LogP) is 0.0815. The molecule has 3 N–H and O–H groups in total. The van der Waals surface area contributed by atoms with Gasteiger partial charge >= 0.3 is 0 Å². The number of hydrogen-bond acceptors (Lipinski definition) is 3. The van der Waals surface area contributed by atoms with Crippen molar-refractivity contribution in [1.29, 1.82) is 0 Å². The minimum atomic E-state index is 0.238. The summed E-state index contributed by atoms with van der Waals surface area (Å²) >= 11 is 0. The summed E-state index contributed by atoms with van der Waals surface area (Å²) < 4.78 is 2.25. The zero-order valence-electron chi connectivity index (χ0n) is 8.32. The van der Waals surface area contributed by atoms with Crippen molar-refractivity contribution in [1.82, 2.24) is 9.55 Å². The van der Waals surface area contributed by atoms with Crippen molar-refractivity contribution in [3.63, 3.8) is 0 Å². The highest BCUT2D eigenvalue weighted by Gasteiger charge is 2.18. The Balaban J connectivity index is 2.12. The predicted molar refractivity (Wildman–Crippen MR) is 53.9 cm³/mol. The average molecular weight is 195 g/mol. The van der Waals surface area contributed by atoms with Gasteiger partial charge in [-0.2, -0.15) is 0 Å². The Labute approximate surface area is 83.8 Å². The Hall–Kier alpha value is -0.870. The van der Waals surface area contributed by atoms with Gasteiger partial charge in [0.25, 0.3) is 0 Å². The SMILES string of the molecule is NC1CCn2c(cnc2CCCO)C1. The van der Waals surface area contributed by atoms with Gasteiger partial charge in [0.15, 0.2) is 0 Å². The van der Waals surface area contributed by atoms with Crippen LogP contribution in [0.5, 0.6) is 0 Å². The molecule has 1 aliphatic rings. The van der Waals surface area contributed by atoms with Crippen molar-refractivity contribution >= 4 is 0 Å². The zero-order chi connectivity index (χ0) is 9.97. The molecule has 0 amide bonds. The number of aliphatic hydroxyl groups excluding tert-OH is 1. The molecule has 0 aromatic carbocycles. The lowest BCUT2D eigenvalue weighted by Gasteiger charge is -2.21. The number of nitrogens with two attached hydrogens (primary N) is 1. The maximum Gasteiger partial charge on any atom is 0.108 e. The van der Waals surface area contributed by atoms with Gasteiger partial charge in [0.05, 0.1) is 0 Å². The van der Waals surface area contributed by atoms with Crippen molar-refractivity contribution in [3.05, 3.63) is 17.7 Å². The standard InChI is InChI=1S/C10H17N3O/c11-8-3-4-13-9(6-8)7-12-10(13)2-1-5-14/h7-8,14H,1-6,11H2. The highest BCUT2D eigenvalue weighted by Crippen LogP contribution is 2.16. The minimum Gasteiger partial charge on any atom is -0.396 e. The number of imidazole rings is 1. The molecule has 1 unspecified atom stereocenters. The third-order valence-electron chi connectivity index (χ3n) is 2.77. The van der Waals surface area contributed by atoms with E-state index in [-0.39, 0.29) is 6.61 Å². The molecule has 0 aliphatic carbocycles. The second-order valence-electron chi connectivity index (χ2n) is 3.90. The Morgan fingerprint density at radius 2 is 2.50 bits per heavy atom. The molecule has 0 saturated heterocycles. The summed E-state index contributed by atoms with van der Waals surface area (Å²) in [4.78, 5) is 4.37. The van der Waals surface area contributed by atoms with E-state index in [0.717, 1.165) is 38.1 Å². The van der Waals surface area contributed by atoms with Gasteiger partial charge in [-0.3, -0.25) is 0 Å². The van der Waals surface area contributed by atoms with Crippen LogP contribution in [0.3, 0.4) is 0 Å². The van der Waals surface area contributed by atoms with Gasteiger partial charge in [-0.05, 0) is 12.8 Å². The van der Waals surface area contributed by atoms with Gasteiger partial charge < -0.3 is 15.4 Å². The fourth-order valence-corrected chi connectivity index (χ4v) is 1.99. The minimum absolute atomic E-state index is 0.238. The molecule has 78 valence electrons. The number of aryl methyl sites for hydroxylation is 1. The fraction of sp³-hybridized carbons (Fsp3) is 0.700. The zero-order valence-corrected chi connectivity index (χ0v) is 8.32. The Morgan fingerprint density at radius 1 is 1.64 bits per heavy atom. The summed E-state index contributed by atoms with van der Waals surface area (Å²) in [5.41, 5.74) is 7.12. The van der Waals surface area contributed by atoms with Crippen LogP contribution in [-0.2, 0) is 19.4 Å². The van der Waals surface area contributed by atoms with Crippen LogP contribution in [0.15, 0.2) is 6.20 Å². The molecule has 0 radical (unpaired) electrons. The number of nitrogens with zero attached hydrogens (tertiary/aromatic N) is 2. The Bertz CT molecular complexity index is 308. The molecule has 4 heteroatoms. The molecule has 0 bridgehead atoms. The normalized spacial score (nSPS) is 20.9. The second-order valence-corrected chi connectivity index (χ2v) is 3.90. The Kier molecular flexibility index (Phi) is 2.84. The van der Waals surface area contributed by atoms with E-state index in [9.17, 15) is 0 Å². The topological polar surface area (TPSA) is 64.1 Å². The number of aliphatic hydroxyl groups is 1. The number of aromatic nitrogens is 2. The van der Waals surface area contributed by atoms with Crippen LogP contribution in [0, 0.1) is 0 Å². The van der Waals surface area contributed by atoms with E-state index < -0.39 is 0 Å². The summed E-state index contributed by atoms with van der Waals surface area (Å²) in [6.45, 7) is 1.22. The maximum atomic E-state index is 8.75. The maximum absolute atomic E-state index is 8.75. The van der Waals surface area contributed by atoms with E-state index in [1.165, 1.54) is 5.69 Å². The lowest BCUT2D eigenvalue weighted by atomic mass is 10.1. The van der Waals surface area contributed by atoms with Gasteiger partial charge in [-0.1, -0.05) is 0 Å². The van der Waals surface area contributed by atoms with E-state index in [1.54, 1.807) is 0 Å². The van der Waals surface area contributed by atoms with Gasteiger partial charge in [-0.25, -0.2) is 4.98 Å². The highest BCUT2D eigenvalue weighted by atomic mass is 16.2. The van der Waals surface area contributed by atoms with E-state index in [0.29, 0.717) is 6.04 Å². The molecule has 2 heterocycles. The monoisotopic (exact) mass is 195 g/mol. The molecule has 0 spiro atoms. The molecular formula is C10H17N3O. The first-order valence-electron chi connectivity index (χ1n) is 5.21. The van der Waals surface area contributed by atoms with Crippen LogP contribution in [-0.4, -0.2) is 27.3 Å². The van der Waals surface area contributed by atoms with Gasteiger partial charge in [0, 0.05) is 43.9 Å². The molecule has 2 rings (SSSR count). The summed E-state index contributed by atoms with van der Waals surface area (Å²) in [7, 11) is 0.